The van der Waals surface area contributed by atoms with Gasteiger partial charge >= 0.3 is 0 Å². The molecule has 2 unspecified atom stereocenters. The number of rotatable bonds is 10. The van der Waals surface area contributed by atoms with Crippen molar-refractivity contribution < 1.29 is 23.9 Å². The molecular formula is C28H33N5O5S. The zero-order valence-electron chi connectivity index (χ0n) is 22.2. The van der Waals surface area contributed by atoms with Crippen LogP contribution in [0.2, 0.25) is 0 Å². The number of nitrogen functional groups attached to an aromatic ring is 1. The van der Waals surface area contributed by atoms with E-state index in [0.717, 1.165) is 29.9 Å². The second kappa shape index (κ2) is 12.3. The molecule has 3 aromatic rings. The van der Waals surface area contributed by atoms with Crippen LogP contribution < -0.4 is 26.4 Å². The van der Waals surface area contributed by atoms with Gasteiger partial charge in [0.15, 0.2) is 5.69 Å². The van der Waals surface area contributed by atoms with E-state index in [-0.39, 0.29) is 28.3 Å². The summed E-state index contributed by atoms with van der Waals surface area (Å²) in [5.41, 5.74) is 13.4. The predicted octanol–water partition coefficient (Wildman–Crippen LogP) is 3.64. The van der Waals surface area contributed by atoms with Crippen molar-refractivity contribution in [3.8, 4) is 5.75 Å². The fourth-order valence-electron chi connectivity index (χ4n) is 4.46. The van der Waals surface area contributed by atoms with E-state index in [9.17, 15) is 14.4 Å². The maximum atomic E-state index is 14.2. The first kappa shape index (κ1) is 28.1. The van der Waals surface area contributed by atoms with E-state index in [0.29, 0.717) is 30.2 Å². The van der Waals surface area contributed by atoms with Crippen LogP contribution in [0.5, 0.6) is 5.75 Å². The van der Waals surface area contributed by atoms with Gasteiger partial charge in [0.2, 0.25) is 5.91 Å². The lowest BCUT2D eigenvalue weighted by Crippen LogP contribution is -2.45. The van der Waals surface area contributed by atoms with Crippen molar-refractivity contribution in [1.82, 2.24) is 9.69 Å². The molecule has 1 saturated heterocycles. The van der Waals surface area contributed by atoms with Crippen molar-refractivity contribution in [2.75, 3.05) is 30.9 Å². The van der Waals surface area contributed by atoms with Crippen LogP contribution in [0.25, 0.3) is 0 Å². The third kappa shape index (κ3) is 6.21. The molecular weight excluding hydrogens is 518 g/mol. The number of carbonyl (C=O) groups is 3. The molecule has 0 radical (unpaired) electrons. The van der Waals surface area contributed by atoms with Crippen molar-refractivity contribution in [2.24, 2.45) is 5.73 Å². The Morgan fingerprint density at radius 3 is 2.33 bits per heavy atom. The molecule has 0 saturated carbocycles. The van der Waals surface area contributed by atoms with Crippen LogP contribution in [-0.2, 0) is 9.53 Å². The number of nitrogens with one attached hydrogen (secondary N) is 1. The van der Waals surface area contributed by atoms with E-state index in [1.165, 1.54) is 4.90 Å². The highest BCUT2D eigenvalue weighted by atomic mass is 32.1. The summed E-state index contributed by atoms with van der Waals surface area (Å²) in [6.45, 7) is 5.11. The average molecular weight is 552 g/mol. The minimum atomic E-state index is -1.08. The first-order valence-electron chi connectivity index (χ1n) is 12.7. The van der Waals surface area contributed by atoms with Gasteiger partial charge in [-0.25, -0.2) is 0 Å². The Balaban J connectivity index is 1.81. The molecule has 0 bridgehead atoms. The lowest BCUT2D eigenvalue weighted by atomic mass is 10.00. The lowest BCUT2D eigenvalue weighted by Gasteiger charge is -2.32. The summed E-state index contributed by atoms with van der Waals surface area (Å²) in [5, 5.41) is 2.97. The van der Waals surface area contributed by atoms with Gasteiger partial charge in [-0.1, -0.05) is 38.1 Å². The summed E-state index contributed by atoms with van der Waals surface area (Å²) in [4.78, 5) is 41.2. The van der Waals surface area contributed by atoms with E-state index in [1.54, 1.807) is 43.5 Å². The van der Waals surface area contributed by atoms with Crippen molar-refractivity contribution in [2.45, 2.75) is 44.8 Å². The number of methoxy groups -OCH3 is 1. The van der Waals surface area contributed by atoms with Crippen LogP contribution >= 0.6 is 11.5 Å². The maximum Gasteiger partial charge on any atom is 0.273 e. The van der Waals surface area contributed by atoms with Crippen LogP contribution in [0.1, 0.15) is 69.9 Å². The quantitative estimate of drug-likeness (QED) is 0.348. The van der Waals surface area contributed by atoms with E-state index in [2.05, 4.69) is 23.5 Å². The smallest absolute Gasteiger partial charge is 0.273 e. The van der Waals surface area contributed by atoms with Gasteiger partial charge in [-0.3, -0.25) is 19.3 Å². The number of ether oxygens (including phenoxy) is 2. The Morgan fingerprint density at radius 1 is 1.13 bits per heavy atom. The molecule has 0 aliphatic carbocycles. The van der Waals surface area contributed by atoms with Crippen LogP contribution in [0, 0.1) is 0 Å². The number of anilines is 2. The number of primary amides is 1. The lowest BCUT2D eigenvalue weighted by molar-refractivity contribution is -0.123. The summed E-state index contributed by atoms with van der Waals surface area (Å²) < 4.78 is 15.0. The summed E-state index contributed by atoms with van der Waals surface area (Å²) in [5.74, 6) is -0.936. The number of hydrogen-bond acceptors (Lipinski definition) is 8. The predicted molar refractivity (Wildman–Crippen MR) is 150 cm³/mol. The van der Waals surface area contributed by atoms with E-state index >= 15 is 0 Å². The van der Waals surface area contributed by atoms with Crippen LogP contribution in [0.15, 0.2) is 48.5 Å². The zero-order valence-corrected chi connectivity index (χ0v) is 23.0. The highest BCUT2D eigenvalue weighted by Crippen LogP contribution is 2.34. The van der Waals surface area contributed by atoms with E-state index < -0.39 is 23.8 Å². The van der Waals surface area contributed by atoms with Crippen molar-refractivity contribution in [3.05, 3.63) is 70.2 Å². The molecule has 0 spiro atoms. The molecule has 1 aliphatic rings. The normalized spacial score (nSPS) is 15.6. The molecule has 2 heterocycles. The number of aromatic nitrogens is 1. The number of benzene rings is 2. The van der Waals surface area contributed by atoms with E-state index in [4.69, 9.17) is 20.9 Å². The van der Waals surface area contributed by atoms with Gasteiger partial charge in [0.05, 0.1) is 18.9 Å². The Morgan fingerprint density at radius 2 is 1.79 bits per heavy atom. The first-order chi connectivity index (χ1) is 18.7. The molecule has 206 valence electrons. The minimum absolute atomic E-state index is 0.0159. The molecule has 3 amide bonds. The molecule has 4 rings (SSSR count). The summed E-state index contributed by atoms with van der Waals surface area (Å²) in [7, 11) is 1.55. The van der Waals surface area contributed by atoms with Crippen molar-refractivity contribution >= 4 is 40.6 Å². The molecule has 1 aliphatic heterocycles. The standard InChI is InChI=1S/C28H33N5O5S/c1-16(2)17-6-10-19(11-7-17)33(28(36)25-22(29)23(26(30)34)32-39-25)24(18-8-12-20(37-3)13-9-18)27(35)31-15-21-5-4-14-38-21/h6-13,16,21,24H,4-5,14-15,29H2,1-3H3,(H2,30,34)(H,31,35). The molecule has 39 heavy (non-hydrogen) atoms. The fraction of sp³-hybridized carbons (Fsp3) is 0.357. The second-order valence-electron chi connectivity index (χ2n) is 9.62. The molecule has 1 aromatic heterocycles. The number of nitrogens with zero attached hydrogens (tertiary/aromatic N) is 2. The van der Waals surface area contributed by atoms with Crippen LogP contribution in [-0.4, -0.2) is 48.5 Å². The fourth-order valence-corrected chi connectivity index (χ4v) is 5.20. The molecule has 10 nitrogen and oxygen atoms in total. The first-order valence-corrected chi connectivity index (χ1v) is 13.5. The Labute approximate surface area is 231 Å². The molecule has 5 N–H and O–H groups in total. The van der Waals surface area contributed by atoms with Crippen molar-refractivity contribution in [3.63, 3.8) is 0 Å². The van der Waals surface area contributed by atoms with Crippen molar-refractivity contribution in [1.29, 1.82) is 0 Å². The minimum Gasteiger partial charge on any atom is -0.497 e. The average Bonchev–Trinajstić information content (AvgIpc) is 3.60. The van der Waals surface area contributed by atoms with Gasteiger partial charge in [0, 0.05) is 18.8 Å². The zero-order chi connectivity index (χ0) is 28.1. The monoisotopic (exact) mass is 551 g/mol. The third-order valence-corrected chi connectivity index (χ3v) is 7.53. The number of nitrogens with two attached hydrogens (primary N) is 2. The van der Waals surface area contributed by atoms with Gasteiger partial charge in [0.1, 0.15) is 16.7 Å². The van der Waals surface area contributed by atoms with Gasteiger partial charge in [-0.15, -0.1) is 0 Å². The number of carbonyl (C=O) groups excluding carboxylic acids is 3. The topological polar surface area (TPSA) is 150 Å². The van der Waals surface area contributed by atoms with Gasteiger partial charge in [-0.2, -0.15) is 4.37 Å². The Hall–Kier alpha value is -3.96. The second-order valence-corrected chi connectivity index (χ2v) is 10.4. The summed E-state index contributed by atoms with van der Waals surface area (Å²) >= 11 is 0.769. The molecule has 2 aromatic carbocycles. The summed E-state index contributed by atoms with van der Waals surface area (Å²) in [6, 6.07) is 13.3. The third-order valence-electron chi connectivity index (χ3n) is 6.68. The number of hydrogen-bond donors (Lipinski definition) is 3. The van der Waals surface area contributed by atoms with Crippen LogP contribution in [0.3, 0.4) is 0 Å². The highest BCUT2D eigenvalue weighted by Gasteiger charge is 2.36. The highest BCUT2D eigenvalue weighted by molar-refractivity contribution is 7.09. The van der Waals surface area contributed by atoms with Crippen LogP contribution in [0.4, 0.5) is 11.4 Å². The summed E-state index contributed by atoms with van der Waals surface area (Å²) in [6.07, 6.45) is 1.69. The largest absolute Gasteiger partial charge is 0.497 e. The Bertz CT molecular complexity index is 1320. The Kier molecular flexibility index (Phi) is 8.82. The van der Waals surface area contributed by atoms with Gasteiger partial charge < -0.3 is 26.3 Å². The number of amides is 3. The molecule has 1 fully saturated rings. The maximum absolute atomic E-state index is 14.2. The van der Waals surface area contributed by atoms with Gasteiger partial charge in [-0.05, 0) is 65.7 Å². The molecule has 11 heteroatoms. The van der Waals surface area contributed by atoms with Gasteiger partial charge in [0.25, 0.3) is 11.8 Å². The van der Waals surface area contributed by atoms with E-state index in [1.807, 2.05) is 12.1 Å². The SMILES string of the molecule is COc1ccc(C(C(=O)NCC2CCCO2)N(C(=O)c2snc(C(N)=O)c2N)c2ccc(C(C)C)cc2)cc1. The molecule has 2 atom stereocenters.